The van der Waals surface area contributed by atoms with Crippen molar-refractivity contribution in [2.45, 2.75) is 11.4 Å². The third kappa shape index (κ3) is 3.50. The third-order valence-electron chi connectivity index (χ3n) is 2.59. The van der Waals surface area contributed by atoms with Gasteiger partial charge in [0.25, 0.3) is 0 Å². The number of rotatable bonds is 4. The first-order chi connectivity index (χ1) is 8.69. The number of benzene rings is 2. The Bertz CT molecular complexity index is 528. The van der Waals surface area contributed by atoms with Gasteiger partial charge in [-0.25, -0.2) is 4.39 Å². The molecule has 0 aliphatic heterocycles. The molecule has 0 radical (unpaired) electrons. The highest BCUT2D eigenvalue weighted by Gasteiger charge is 2.02. The Hall–Kier alpha value is -1.00. The Morgan fingerprint density at radius 3 is 2.50 bits per heavy atom. The maximum Gasteiger partial charge on any atom is 0.129 e. The zero-order valence-electron chi connectivity index (χ0n) is 9.91. The molecule has 0 aliphatic rings. The number of nitrogens with one attached hydrogen (secondary N) is 1. The van der Waals surface area contributed by atoms with Crippen LogP contribution in [0, 0.1) is 5.82 Å². The summed E-state index contributed by atoms with van der Waals surface area (Å²) in [4.78, 5) is 1.22. The Labute approximate surface area is 119 Å². The maximum absolute atomic E-state index is 13.6. The molecule has 1 N–H and O–H groups in total. The molecule has 0 bridgehead atoms. The minimum absolute atomic E-state index is 0.197. The van der Waals surface area contributed by atoms with Crippen LogP contribution in [0.5, 0.6) is 0 Å². The van der Waals surface area contributed by atoms with Crippen molar-refractivity contribution in [2.24, 2.45) is 0 Å². The zero-order chi connectivity index (χ0) is 13.0. The summed E-state index contributed by atoms with van der Waals surface area (Å²) in [5.41, 5.74) is 1.65. The summed E-state index contributed by atoms with van der Waals surface area (Å²) in [6.45, 7) is 0.484. The van der Waals surface area contributed by atoms with E-state index in [1.807, 2.05) is 36.6 Å². The lowest BCUT2D eigenvalue weighted by molar-refractivity contribution is 0.612. The predicted octanol–water partition coefficient (Wildman–Crippen LogP) is 4.92. The number of halogens is 2. The van der Waals surface area contributed by atoms with Crippen LogP contribution in [0.25, 0.3) is 0 Å². The molecule has 18 heavy (non-hydrogen) atoms. The van der Waals surface area contributed by atoms with Crippen molar-refractivity contribution in [3.63, 3.8) is 0 Å². The molecule has 0 heterocycles. The van der Waals surface area contributed by atoms with Crippen LogP contribution in [0.1, 0.15) is 5.56 Å². The van der Waals surface area contributed by atoms with Crippen molar-refractivity contribution >= 4 is 33.4 Å². The minimum atomic E-state index is -0.197. The molecule has 0 amide bonds. The average Bonchev–Trinajstić information content (AvgIpc) is 2.38. The molecule has 2 aromatic carbocycles. The smallest absolute Gasteiger partial charge is 0.129 e. The second kappa shape index (κ2) is 6.25. The number of hydrogen-bond donors (Lipinski definition) is 1. The fourth-order valence-corrected chi connectivity index (χ4v) is 2.31. The van der Waals surface area contributed by atoms with Gasteiger partial charge in [-0.15, -0.1) is 11.8 Å². The lowest BCUT2D eigenvalue weighted by atomic mass is 10.2. The Kier molecular flexibility index (Phi) is 4.66. The quantitative estimate of drug-likeness (QED) is 0.800. The Balaban J connectivity index is 2.02. The summed E-state index contributed by atoms with van der Waals surface area (Å²) < 4.78 is 14.4. The number of hydrogen-bond acceptors (Lipinski definition) is 2. The molecule has 2 aromatic rings. The van der Waals surface area contributed by atoms with Gasteiger partial charge in [-0.05, 0) is 42.7 Å². The van der Waals surface area contributed by atoms with E-state index in [0.717, 1.165) is 10.2 Å². The standard InChI is InChI=1S/C14H13BrFNS/c1-18-13-6-4-12(5-7-13)17-9-10-2-3-11(15)8-14(10)16/h2-8,17H,9H2,1H3. The fraction of sp³-hybridized carbons (Fsp3) is 0.143. The van der Waals surface area contributed by atoms with Crippen LogP contribution in [-0.2, 0) is 6.54 Å². The molecule has 94 valence electrons. The van der Waals surface area contributed by atoms with E-state index < -0.39 is 0 Å². The molecular formula is C14H13BrFNS. The second-order valence-corrected chi connectivity index (χ2v) is 5.61. The SMILES string of the molecule is CSc1ccc(NCc2ccc(Br)cc2F)cc1. The third-order valence-corrected chi connectivity index (χ3v) is 3.82. The summed E-state index contributed by atoms with van der Waals surface area (Å²) in [6.07, 6.45) is 2.04. The van der Waals surface area contributed by atoms with Gasteiger partial charge in [0.2, 0.25) is 0 Å². The molecule has 0 spiro atoms. The van der Waals surface area contributed by atoms with E-state index in [9.17, 15) is 4.39 Å². The van der Waals surface area contributed by atoms with E-state index in [1.165, 1.54) is 11.0 Å². The second-order valence-electron chi connectivity index (χ2n) is 3.82. The maximum atomic E-state index is 13.6. The average molecular weight is 326 g/mol. The van der Waals surface area contributed by atoms with Gasteiger partial charge in [0.1, 0.15) is 5.82 Å². The van der Waals surface area contributed by atoms with Crippen LogP contribution in [0.15, 0.2) is 51.8 Å². The Morgan fingerprint density at radius 1 is 1.17 bits per heavy atom. The van der Waals surface area contributed by atoms with Gasteiger partial charge in [-0.2, -0.15) is 0 Å². The summed E-state index contributed by atoms with van der Waals surface area (Å²) in [6, 6.07) is 13.2. The highest BCUT2D eigenvalue weighted by atomic mass is 79.9. The van der Waals surface area contributed by atoms with Gasteiger partial charge in [-0.1, -0.05) is 22.0 Å². The van der Waals surface area contributed by atoms with Crippen LogP contribution in [0.2, 0.25) is 0 Å². The summed E-state index contributed by atoms with van der Waals surface area (Å²) in [5.74, 6) is -0.197. The lowest BCUT2D eigenvalue weighted by Gasteiger charge is -2.08. The normalized spacial score (nSPS) is 10.4. The molecule has 0 saturated heterocycles. The van der Waals surface area contributed by atoms with Crippen molar-refractivity contribution in [1.29, 1.82) is 0 Å². The topological polar surface area (TPSA) is 12.0 Å². The molecule has 4 heteroatoms. The Morgan fingerprint density at radius 2 is 1.89 bits per heavy atom. The van der Waals surface area contributed by atoms with Gasteiger partial charge in [0, 0.05) is 27.2 Å². The van der Waals surface area contributed by atoms with Crippen LogP contribution in [-0.4, -0.2) is 6.26 Å². The predicted molar refractivity (Wildman–Crippen MR) is 79.6 cm³/mol. The van der Waals surface area contributed by atoms with E-state index in [2.05, 4.69) is 21.2 Å². The van der Waals surface area contributed by atoms with E-state index in [0.29, 0.717) is 12.1 Å². The van der Waals surface area contributed by atoms with Crippen molar-refractivity contribution in [1.82, 2.24) is 0 Å². The van der Waals surface area contributed by atoms with E-state index in [-0.39, 0.29) is 5.82 Å². The van der Waals surface area contributed by atoms with Gasteiger partial charge in [0.15, 0.2) is 0 Å². The first kappa shape index (κ1) is 13.4. The van der Waals surface area contributed by atoms with Gasteiger partial charge >= 0.3 is 0 Å². The van der Waals surface area contributed by atoms with Crippen LogP contribution < -0.4 is 5.32 Å². The molecule has 0 aromatic heterocycles. The van der Waals surface area contributed by atoms with E-state index in [1.54, 1.807) is 17.8 Å². The first-order valence-electron chi connectivity index (χ1n) is 5.51. The van der Waals surface area contributed by atoms with Crippen molar-refractivity contribution in [3.05, 3.63) is 58.3 Å². The first-order valence-corrected chi connectivity index (χ1v) is 7.52. The van der Waals surface area contributed by atoms with Crippen molar-refractivity contribution < 1.29 is 4.39 Å². The highest BCUT2D eigenvalue weighted by molar-refractivity contribution is 9.10. The largest absolute Gasteiger partial charge is 0.381 e. The molecule has 0 atom stereocenters. The molecule has 2 rings (SSSR count). The number of thioether (sulfide) groups is 1. The van der Waals surface area contributed by atoms with Crippen molar-refractivity contribution in [2.75, 3.05) is 11.6 Å². The molecule has 0 saturated carbocycles. The van der Waals surface area contributed by atoms with Gasteiger partial charge in [-0.3, -0.25) is 0 Å². The molecule has 0 aliphatic carbocycles. The lowest BCUT2D eigenvalue weighted by Crippen LogP contribution is -2.01. The van der Waals surface area contributed by atoms with E-state index >= 15 is 0 Å². The fourth-order valence-electron chi connectivity index (χ4n) is 1.57. The van der Waals surface area contributed by atoms with Gasteiger partial charge < -0.3 is 5.32 Å². The monoisotopic (exact) mass is 325 g/mol. The van der Waals surface area contributed by atoms with E-state index in [4.69, 9.17) is 0 Å². The van der Waals surface area contributed by atoms with Crippen LogP contribution >= 0.6 is 27.7 Å². The summed E-state index contributed by atoms with van der Waals surface area (Å²) >= 11 is 4.95. The molecule has 0 unspecified atom stereocenters. The molecular weight excluding hydrogens is 313 g/mol. The molecule has 0 fully saturated rings. The minimum Gasteiger partial charge on any atom is -0.381 e. The zero-order valence-corrected chi connectivity index (χ0v) is 12.3. The molecule has 1 nitrogen and oxygen atoms in total. The number of anilines is 1. The summed E-state index contributed by atoms with van der Waals surface area (Å²) in [7, 11) is 0. The highest BCUT2D eigenvalue weighted by Crippen LogP contribution is 2.19. The summed E-state index contributed by atoms with van der Waals surface area (Å²) in [5, 5.41) is 3.21. The van der Waals surface area contributed by atoms with Gasteiger partial charge in [0.05, 0.1) is 0 Å². The van der Waals surface area contributed by atoms with Crippen LogP contribution in [0.3, 0.4) is 0 Å². The van der Waals surface area contributed by atoms with Crippen LogP contribution in [0.4, 0.5) is 10.1 Å². The van der Waals surface area contributed by atoms with Crippen molar-refractivity contribution in [3.8, 4) is 0 Å².